The number of aromatic nitrogens is 2. The summed E-state index contributed by atoms with van der Waals surface area (Å²) in [5.41, 5.74) is 6.97. The first-order valence-corrected chi connectivity index (χ1v) is 7.03. The highest BCUT2D eigenvalue weighted by Crippen LogP contribution is 2.32. The largest absolute Gasteiger partial charge is 0.367 e. The van der Waals surface area contributed by atoms with Gasteiger partial charge in [-0.3, -0.25) is 0 Å². The topological polar surface area (TPSA) is 63.8 Å². The van der Waals surface area contributed by atoms with Gasteiger partial charge in [-0.15, -0.1) is 11.3 Å². The van der Waals surface area contributed by atoms with Crippen LogP contribution in [0, 0.1) is 19.8 Å². The van der Waals surface area contributed by atoms with Crippen molar-refractivity contribution in [3.63, 3.8) is 0 Å². The summed E-state index contributed by atoms with van der Waals surface area (Å²) < 4.78 is 0. The molecule has 98 valence electrons. The molecule has 5 heteroatoms. The Morgan fingerprint density at radius 3 is 2.72 bits per heavy atom. The fourth-order valence-corrected chi connectivity index (χ4v) is 2.85. The molecule has 2 heterocycles. The van der Waals surface area contributed by atoms with Crippen LogP contribution in [0.25, 0.3) is 10.2 Å². The molecular weight excluding hydrogens is 244 g/mol. The van der Waals surface area contributed by atoms with Gasteiger partial charge in [0.15, 0.2) is 0 Å². The normalized spacial score (nSPS) is 14.7. The molecule has 3 N–H and O–H groups in total. The lowest BCUT2D eigenvalue weighted by Crippen LogP contribution is -2.29. The number of thiophene rings is 1. The number of hydrogen-bond donors (Lipinski definition) is 2. The Morgan fingerprint density at radius 1 is 1.33 bits per heavy atom. The third kappa shape index (κ3) is 2.33. The molecule has 0 aromatic carbocycles. The van der Waals surface area contributed by atoms with Gasteiger partial charge >= 0.3 is 0 Å². The molecule has 2 unspecified atom stereocenters. The summed E-state index contributed by atoms with van der Waals surface area (Å²) in [7, 11) is 0. The van der Waals surface area contributed by atoms with Gasteiger partial charge in [0.05, 0.1) is 5.39 Å². The van der Waals surface area contributed by atoms with Crippen LogP contribution in [0.4, 0.5) is 5.82 Å². The quantitative estimate of drug-likeness (QED) is 0.891. The molecule has 4 nitrogen and oxygen atoms in total. The van der Waals surface area contributed by atoms with Crippen LogP contribution in [0.1, 0.15) is 24.3 Å². The molecule has 0 fully saturated rings. The van der Waals surface area contributed by atoms with Crippen molar-refractivity contribution in [3.8, 4) is 0 Å². The van der Waals surface area contributed by atoms with Gasteiger partial charge < -0.3 is 11.1 Å². The van der Waals surface area contributed by atoms with Gasteiger partial charge in [0.2, 0.25) is 0 Å². The van der Waals surface area contributed by atoms with E-state index in [0.717, 1.165) is 16.0 Å². The van der Waals surface area contributed by atoms with Gasteiger partial charge in [-0.25, -0.2) is 9.97 Å². The second-order valence-electron chi connectivity index (χ2n) is 4.83. The SMILES string of the molecule is Cc1sc2ncnc(NC(C)C(C)CN)c2c1C. The number of nitrogens with zero attached hydrogens (tertiary/aromatic N) is 2. The Hall–Kier alpha value is -1.20. The summed E-state index contributed by atoms with van der Waals surface area (Å²) in [6, 6.07) is 0.299. The van der Waals surface area contributed by atoms with E-state index < -0.39 is 0 Å². The van der Waals surface area contributed by atoms with Crippen LogP contribution < -0.4 is 11.1 Å². The van der Waals surface area contributed by atoms with E-state index in [0.29, 0.717) is 18.5 Å². The molecular formula is C13H20N4S. The lowest BCUT2D eigenvalue weighted by molar-refractivity contribution is 0.520. The Morgan fingerprint density at radius 2 is 2.06 bits per heavy atom. The monoisotopic (exact) mass is 264 g/mol. The summed E-state index contributed by atoms with van der Waals surface area (Å²) in [5.74, 6) is 1.34. The van der Waals surface area contributed by atoms with E-state index >= 15 is 0 Å². The second kappa shape index (κ2) is 5.20. The molecule has 0 aliphatic heterocycles. The van der Waals surface area contributed by atoms with E-state index in [-0.39, 0.29) is 0 Å². The van der Waals surface area contributed by atoms with E-state index in [9.17, 15) is 0 Å². The average molecular weight is 264 g/mol. The van der Waals surface area contributed by atoms with Gasteiger partial charge in [0, 0.05) is 10.9 Å². The van der Waals surface area contributed by atoms with E-state index in [2.05, 4.69) is 43.0 Å². The highest BCUT2D eigenvalue weighted by Gasteiger charge is 2.15. The maximum absolute atomic E-state index is 5.70. The molecule has 0 bridgehead atoms. The van der Waals surface area contributed by atoms with Crippen molar-refractivity contribution in [2.75, 3.05) is 11.9 Å². The van der Waals surface area contributed by atoms with Crippen molar-refractivity contribution in [2.45, 2.75) is 33.7 Å². The second-order valence-corrected chi connectivity index (χ2v) is 6.03. The zero-order valence-electron chi connectivity index (χ0n) is 11.3. The van der Waals surface area contributed by atoms with Gasteiger partial charge in [0.25, 0.3) is 0 Å². The number of nitrogens with one attached hydrogen (secondary N) is 1. The van der Waals surface area contributed by atoms with E-state index in [1.54, 1.807) is 17.7 Å². The zero-order valence-corrected chi connectivity index (χ0v) is 12.1. The molecule has 0 amide bonds. The summed E-state index contributed by atoms with van der Waals surface area (Å²) in [6.45, 7) is 9.20. The number of fused-ring (bicyclic) bond motifs is 1. The molecule has 18 heavy (non-hydrogen) atoms. The summed E-state index contributed by atoms with van der Waals surface area (Å²) in [6.07, 6.45) is 1.62. The minimum Gasteiger partial charge on any atom is -0.367 e. The van der Waals surface area contributed by atoms with Crippen molar-refractivity contribution < 1.29 is 0 Å². The van der Waals surface area contributed by atoms with E-state index in [1.165, 1.54) is 10.4 Å². The molecule has 0 saturated heterocycles. The maximum Gasteiger partial charge on any atom is 0.138 e. The van der Waals surface area contributed by atoms with E-state index in [1.807, 2.05) is 0 Å². The molecule has 2 atom stereocenters. The number of hydrogen-bond acceptors (Lipinski definition) is 5. The highest BCUT2D eigenvalue weighted by atomic mass is 32.1. The van der Waals surface area contributed by atoms with Crippen molar-refractivity contribution in [2.24, 2.45) is 11.7 Å². The molecule has 0 aliphatic carbocycles. The third-order valence-corrected chi connectivity index (χ3v) is 4.67. The number of anilines is 1. The van der Waals surface area contributed by atoms with Crippen LogP contribution in [0.15, 0.2) is 6.33 Å². The molecule has 0 radical (unpaired) electrons. The predicted molar refractivity (Wildman–Crippen MR) is 78.2 cm³/mol. The van der Waals surface area contributed by atoms with Gasteiger partial charge in [-0.05, 0) is 38.8 Å². The molecule has 0 aliphatic rings. The van der Waals surface area contributed by atoms with Crippen molar-refractivity contribution in [1.82, 2.24) is 9.97 Å². The first kappa shape index (κ1) is 13.2. The fraction of sp³-hybridized carbons (Fsp3) is 0.538. The van der Waals surface area contributed by atoms with Crippen LogP contribution in [0.5, 0.6) is 0 Å². The van der Waals surface area contributed by atoms with Crippen LogP contribution in [0.3, 0.4) is 0 Å². The van der Waals surface area contributed by atoms with Crippen LogP contribution in [-0.2, 0) is 0 Å². The lowest BCUT2D eigenvalue weighted by atomic mass is 10.0. The van der Waals surface area contributed by atoms with Gasteiger partial charge in [-0.1, -0.05) is 6.92 Å². The number of aryl methyl sites for hydroxylation is 2. The van der Waals surface area contributed by atoms with Crippen molar-refractivity contribution in [1.29, 1.82) is 0 Å². The van der Waals surface area contributed by atoms with Crippen molar-refractivity contribution in [3.05, 3.63) is 16.8 Å². The fourth-order valence-electron chi connectivity index (χ4n) is 1.85. The maximum atomic E-state index is 5.70. The van der Waals surface area contributed by atoms with Crippen LogP contribution >= 0.6 is 11.3 Å². The van der Waals surface area contributed by atoms with Crippen LogP contribution in [-0.4, -0.2) is 22.6 Å². The Kier molecular flexibility index (Phi) is 3.82. The predicted octanol–water partition coefficient (Wildman–Crippen LogP) is 2.70. The zero-order chi connectivity index (χ0) is 13.3. The smallest absolute Gasteiger partial charge is 0.138 e. The molecule has 2 rings (SSSR count). The van der Waals surface area contributed by atoms with Crippen molar-refractivity contribution >= 4 is 27.4 Å². The molecule has 0 spiro atoms. The lowest BCUT2D eigenvalue weighted by Gasteiger charge is -2.20. The molecule has 2 aromatic rings. The minimum atomic E-state index is 0.299. The van der Waals surface area contributed by atoms with Gasteiger partial charge in [-0.2, -0.15) is 0 Å². The van der Waals surface area contributed by atoms with Gasteiger partial charge in [0.1, 0.15) is 17.0 Å². The Labute approximate surface area is 112 Å². The highest BCUT2D eigenvalue weighted by molar-refractivity contribution is 7.18. The average Bonchev–Trinajstić information content (AvgIpc) is 2.65. The summed E-state index contributed by atoms with van der Waals surface area (Å²) in [4.78, 5) is 11.1. The minimum absolute atomic E-state index is 0.299. The Bertz CT molecular complexity index is 549. The third-order valence-electron chi connectivity index (χ3n) is 3.56. The first-order chi connectivity index (χ1) is 8.54. The van der Waals surface area contributed by atoms with Crippen LogP contribution in [0.2, 0.25) is 0 Å². The van der Waals surface area contributed by atoms with E-state index in [4.69, 9.17) is 5.73 Å². The molecule has 2 aromatic heterocycles. The first-order valence-electron chi connectivity index (χ1n) is 6.22. The number of nitrogens with two attached hydrogens (primary N) is 1. The summed E-state index contributed by atoms with van der Waals surface area (Å²) >= 11 is 1.72. The standard InChI is InChI=1S/C13H20N4S/c1-7(5-14)9(3)17-12-11-8(2)10(4)18-13(11)16-6-15-12/h6-7,9H,5,14H2,1-4H3,(H,15,16,17). The Balaban J connectivity index is 2.39. The molecule has 0 saturated carbocycles. The number of rotatable bonds is 4. The summed E-state index contributed by atoms with van der Waals surface area (Å²) in [5, 5.41) is 4.61.